The molecular formula is C25H32FN7O. The smallest absolute Gasteiger partial charge is 0.247 e. The molecule has 3 aromatic rings. The minimum absolute atomic E-state index is 0.0196. The Balaban J connectivity index is 1.48. The summed E-state index contributed by atoms with van der Waals surface area (Å²) in [5.41, 5.74) is 4.25. The lowest BCUT2D eigenvalue weighted by molar-refractivity contribution is -0.118. The first kappa shape index (κ1) is 23.8. The number of fused-ring (bicyclic) bond motifs is 1. The van der Waals surface area contributed by atoms with Gasteiger partial charge in [0.25, 0.3) is 0 Å². The molecule has 1 N–H and O–H groups in total. The topological polar surface area (TPSA) is 88.8 Å². The largest absolute Gasteiger partial charge is 0.346 e. The maximum absolute atomic E-state index is 13.6. The fourth-order valence-corrected chi connectivity index (χ4v) is 4.55. The molecule has 0 saturated carbocycles. The van der Waals surface area contributed by atoms with Gasteiger partial charge in [0.05, 0.1) is 24.1 Å². The Hall–Kier alpha value is -3.36. The quantitative estimate of drug-likeness (QED) is 0.533. The van der Waals surface area contributed by atoms with Crippen LogP contribution in [0.25, 0.3) is 0 Å². The zero-order chi connectivity index (χ0) is 24.6. The number of anilines is 2. The highest BCUT2D eigenvalue weighted by molar-refractivity contribution is 6.03. The summed E-state index contributed by atoms with van der Waals surface area (Å²) < 4.78 is 15.4. The van der Waals surface area contributed by atoms with Crippen molar-refractivity contribution in [3.05, 3.63) is 58.8 Å². The number of amides is 1. The Morgan fingerprint density at radius 1 is 1.12 bits per heavy atom. The molecular weight excluding hydrogens is 433 g/mol. The van der Waals surface area contributed by atoms with E-state index in [4.69, 9.17) is 4.98 Å². The van der Waals surface area contributed by atoms with E-state index in [1.165, 1.54) is 6.07 Å². The number of carbonyl (C=O) groups is 1. The molecule has 9 heteroatoms. The van der Waals surface area contributed by atoms with Gasteiger partial charge in [0.2, 0.25) is 11.9 Å². The number of aryl methyl sites for hydroxylation is 3. The minimum Gasteiger partial charge on any atom is -0.346 e. The van der Waals surface area contributed by atoms with E-state index in [1.807, 2.05) is 63.6 Å². The Morgan fingerprint density at radius 2 is 1.88 bits per heavy atom. The number of carbonyl (C=O) groups excluding carboxylic acids is 1. The summed E-state index contributed by atoms with van der Waals surface area (Å²) in [5, 5.41) is 7.47. The molecule has 1 aliphatic heterocycles. The van der Waals surface area contributed by atoms with Crippen LogP contribution in [-0.2, 0) is 24.2 Å². The Morgan fingerprint density at radius 3 is 2.59 bits per heavy atom. The third-order valence-corrected chi connectivity index (χ3v) is 6.20. The highest BCUT2D eigenvalue weighted by Gasteiger charge is 2.35. The third-order valence-electron chi connectivity index (χ3n) is 6.20. The molecule has 0 unspecified atom stereocenters. The normalized spacial score (nSPS) is 15.7. The molecule has 0 aliphatic carbocycles. The van der Waals surface area contributed by atoms with Crippen molar-refractivity contribution in [2.75, 3.05) is 17.3 Å². The van der Waals surface area contributed by atoms with Gasteiger partial charge in [-0.2, -0.15) is 9.49 Å². The van der Waals surface area contributed by atoms with Gasteiger partial charge in [-0.25, -0.2) is 15.0 Å². The molecule has 1 atom stereocenters. The fourth-order valence-electron chi connectivity index (χ4n) is 4.55. The van der Waals surface area contributed by atoms with E-state index >= 15 is 0 Å². The van der Waals surface area contributed by atoms with Gasteiger partial charge in [-0.1, -0.05) is 33.8 Å². The number of halogens is 1. The van der Waals surface area contributed by atoms with E-state index in [-0.39, 0.29) is 23.8 Å². The molecule has 4 rings (SSSR count). The SMILES string of the molecule is Cc1nc(CCc2cnn(Cc3ccc(F)nc3C(C)C)c2)nc2c1NC(=O)[C@H](C(C)C)N2C. The van der Waals surface area contributed by atoms with Crippen molar-refractivity contribution in [3.63, 3.8) is 0 Å². The van der Waals surface area contributed by atoms with E-state index in [0.29, 0.717) is 18.7 Å². The van der Waals surface area contributed by atoms with Crippen molar-refractivity contribution < 1.29 is 9.18 Å². The Kier molecular flexibility index (Phi) is 6.63. The van der Waals surface area contributed by atoms with Crippen LogP contribution in [0.2, 0.25) is 0 Å². The molecule has 1 aliphatic rings. The van der Waals surface area contributed by atoms with Crippen molar-refractivity contribution >= 4 is 17.4 Å². The van der Waals surface area contributed by atoms with Gasteiger partial charge in [-0.05, 0) is 42.4 Å². The molecule has 0 radical (unpaired) electrons. The number of rotatable bonds is 7. The molecule has 180 valence electrons. The van der Waals surface area contributed by atoms with Crippen LogP contribution < -0.4 is 10.2 Å². The van der Waals surface area contributed by atoms with Gasteiger partial charge in [0.15, 0.2) is 5.82 Å². The first-order valence-corrected chi connectivity index (χ1v) is 11.7. The third kappa shape index (κ3) is 4.78. The fraction of sp³-hybridized carbons (Fsp3) is 0.480. The molecule has 1 amide bonds. The van der Waals surface area contributed by atoms with Crippen LogP contribution in [0.4, 0.5) is 15.9 Å². The average molecular weight is 466 g/mol. The van der Waals surface area contributed by atoms with Crippen LogP contribution in [0.3, 0.4) is 0 Å². The molecule has 0 saturated heterocycles. The Labute approximate surface area is 199 Å². The number of likely N-dealkylation sites (N-methyl/N-ethyl adjacent to an activating group) is 1. The molecule has 3 aromatic heterocycles. The summed E-state index contributed by atoms with van der Waals surface area (Å²) in [6.45, 7) is 10.5. The highest BCUT2D eigenvalue weighted by atomic mass is 19.1. The summed E-state index contributed by atoms with van der Waals surface area (Å²) in [4.78, 5) is 28.0. The lowest BCUT2D eigenvalue weighted by Crippen LogP contribution is -2.49. The zero-order valence-corrected chi connectivity index (χ0v) is 20.6. The molecule has 0 bridgehead atoms. The minimum atomic E-state index is -0.459. The number of nitrogens with zero attached hydrogens (tertiary/aromatic N) is 6. The van der Waals surface area contributed by atoms with E-state index in [1.54, 1.807) is 6.07 Å². The van der Waals surface area contributed by atoms with Crippen molar-refractivity contribution in [2.24, 2.45) is 5.92 Å². The maximum atomic E-state index is 13.6. The van der Waals surface area contributed by atoms with Crippen LogP contribution in [-0.4, -0.2) is 43.7 Å². The number of aromatic nitrogens is 5. The lowest BCUT2D eigenvalue weighted by Gasteiger charge is -2.36. The van der Waals surface area contributed by atoms with E-state index < -0.39 is 5.95 Å². The number of pyridine rings is 1. The summed E-state index contributed by atoms with van der Waals surface area (Å²) in [5.74, 6) is 1.31. The highest BCUT2D eigenvalue weighted by Crippen LogP contribution is 2.33. The van der Waals surface area contributed by atoms with Crippen LogP contribution >= 0.6 is 0 Å². The van der Waals surface area contributed by atoms with E-state index in [0.717, 1.165) is 40.6 Å². The first-order chi connectivity index (χ1) is 16.1. The van der Waals surface area contributed by atoms with Crippen molar-refractivity contribution in [1.29, 1.82) is 0 Å². The monoisotopic (exact) mass is 465 g/mol. The molecule has 34 heavy (non-hydrogen) atoms. The van der Waals surface area contributed by atoms with Crippen molar-refractivity contribution in [1.82, 2.24) is 24.7 Å². The predicted octanol–water partition coefficient (Wildman–Crippen LogP) is 3.89. The van der Waals surface area contributed by atoms with Gasteiger partial charge in [-0.15, -0.1) is 0 Å². The van der Waals surface area contributed by atoms with Crippen molar-refractivity contribution in [3.8, 4) is 0 Å². The number of hydrogen-bond acceptors (Lipinski definition) is 6. The second kappa shape index (κ2) is 9.48. The van der Waals surface area contributed by atoms with Gasteiger partial charge < -0.3 is 10.2 Å². The van der Waals surface area contributed by atoms with Crippen LogP contribution in [0.1, 0.15) is 62.0 Å². The lowest BCUT2D eigenvalue weighted by atomic mass is 9.99. The molecule has 0 spiro atoms. The first-order valence-electron chi connectivity index (χ1n) is 11.7. The summed E-state index contributed by atoms with van der Waals surface area (Å²) in [6.07, 6.45) is 5.24. The molecule has 0 aromatic carbocycles. The summed E-state index contributed by atoms with van der Waals surface area (Å²) in [7, 11) is 1.91. The molecule has 0 fully saturated rings. The molecule has 8 nitrogen and oxygen atoms in total. The van der Waals surface area contributed by atoms with Gasteiger partial charge >= 0.3 is 0 Å². The van der Waals surface area contributed by atoms with Crippen molar-refractivity contribution in [2.45, 2.75) is 66.0 Å². The standard InChI is InChI=1S/C25H32FN7O/c1-14(2)21-18(8-9-19(26)29-21)13-33-12-17(11-27-33)7-10-20-28-16(5)22-24(30-20)32(6)23(15(3)4)25(34)31-22/h8-9,11-12,14-15,23H,7,10,13H2,1-6H3,(H,31,34)/t23-/m0/s1. The predicted molar refractivity (Wildman–Crippen MR) is 129 cm³/mol. The van der Waals surface area contributed by atoms with Gasteiger partial charge in [0.1, 0.15) is 17.6 Å². The number of nitrogens with one attached hydrogen (secondary N) is 1. The zero-order valence-electron chi connectivity index (χ0n) is 20.6. The summed E-state index contributed by atoms with van der Waals surface area (Å²) in [6, 6.07) is 2.91. The van der Waals surface area contributed by atoms with E-state index in [2.05, 4.69) is 20.4 Å². The number of hydrogen-bond donors (Lipinski definition) is 1. The summed E-state index contributed by atoms with van der Waals surface area (Å²) >= 11 is 0. The van der Waals surface area contributed by atoms with Crippen LogP contribution in [0, 0.1) is 18.8 Å². The average Bonchev–Trinajstić information content (AvgIpc) is 3.21. The Bertz CT molecular complexity index is 1200. The van der Waals surface area contributed by atoms with Gasteiger partial charge in [-0.3, -0.25) is 9.48 Å². The van der Waals surface area contributed by atoms with Gasteiger partial charge in [0, 0.05) is 19.7 Å². The van der Waals surface area contributed by atoms with E-state index in [9.17, 15) is 9.18 Å². The molecule has 4 heterocycles. The second-order valence-corrected chi connectivity index (χ2v) is 9.59. The van der Waals surface area contributed by atoms with Crippen LogP contribution in [0.5, 0.6) is 0 Å². The maximum Gasteiger partial charge on any atom is 0.247 e. The second-order valence-electron chi connectivity index (χ2n) is 9.59. The van der Waals surface area contributed by atoms with Crippen LogP contribution in [0.15, 0.2) is 24.5 Å².